The molecule has 1 amide bonds. The van der Waals surface area contributed by atoms with Gasteiger partial charge < -0.3 is 10.1 Å². The van der Waals surface area contributed by atoms with Gasteiger partial charge in [0.1, 0.15) is 5.75 Å². The number of hydrogen-bond donors (Lipinski definition) is 1. The number of carbonyl (C=O) groups excluding carboxylic acids is 1. The number of ether oxygens (including phenoxy) is 1. The minimum Gasteiger partial charge on any atom is -0.376 e. The van der Waals surface area contributed by atoms with Gasteiger partial charge in [0.2, 0.25) is 5.91 Å². The van der Waals surface area contributed by atoms with Crippen molar-refractivity contribution >= 4 is 27.3 Å². The van der Waals surface area contributed by atoms with Crippen LogP contribution in [-0.4, -0.2) is 39.3 Å². The molecule has 1 saturated heterocycles. The van der Waals surface area contributed by atoms with Crippen LogP contribution >= 0.6 is 11.6 Å². The van der Waals surface area contributed by atoms with E-state index in [1.54, 1.807) is 0 Å². The number of benzene rings is 1. The maximum Gasteiger partial charge on any atom is 0.235 e. The van der Waals surface area contributed by atoms with Crippen LogP contribution in [0.2, 0.25) is 5.02 Å². The van der Waals surface area contributed by atoms with Gasteiger partial charge in [-0.3, -0.25) is 4.79 Å². The van der Waals surface area contributed by atoms with Gasteiger partial charge in [-0.2, -0.15) is 0 Å². The molecule has 5 nitrogen and oxygen atoms in total. The van der Waals surface area contributed by atoms with Gasteiger partial charge in [-0.1, -0.05) is 11.6 Å². The molecular weight excluding hydrogens is 302 g/mol. The topological polar surface area (TPSA) is 72.5 Å². The maximum atomic E-state index is 12.0. The van der Waals surface area contributed by atoms with E-state index >= 15 is 0 Å². The standard InChI is InChI=1S/C13H16ClNO4S/c14-10-3-5-12(6-4-10)20(17,18)9-13(16)15-8-11-2-1-7-19-11/h3-6,11H,1-2,7-9H2,(H,15,16). The molecule has 1 heterocycles. The molecule has 1 atom stereocenters. The SMILES string of the molecule is O=C(CS(=O)(=O)c1ccc(Cl)cc1)NCC1CCCO1. The summed E-state index contributed by atoms with van der Waals surface area (Å²) in [6.07, 6.45) is 1.87. The van der Waals surface area contributed by atoms with Crippen LogP contribution in [0, 0.1) is 0 Å². The lowest BCUT2D eigenvalue weighted by molar-refractivity contribution is -0.119. The largest absolute Gasteiger partial charge is 0.376 e. The molecule has 0 aliphatic carbocycles. The monoisotopic (exact) mass is 317 g/mol. The van der Waals surface area contributed by atoms with Crippen LogP contribution < -0.4 is 5.32 Å². The summed E-state index contributed by atoms with van der Waals surface area (Å²) in [5.41, 5.74) is 0. The molecule has 0 spiro atoms. The van der Waals surface area contributed by atoms with Gasteiger partial charge in [-0.05, 0) is 37.1 Å². The number of rotatable bonds is 5. The summed E-state index contributed by atoms with van der Waals surface area (Å²) in [6, 6.07) is 5.76. The molecule has 1 unspecified atom stereocenters. The summed E-state index contributed by atoms with van der Waals surface area (Å²) in [5.74, 6) is -1.09. The van der Waals surface area contributed by atoms with E-state index in [2.05, 4.69) is 5.32 Å². The Bertz CT molecular complexity index is 565. The molecule has 1 aliphatic heterocycles. The molecule has 1 N–H and O–H groups in total. The second-order valence-corrected chi connectivity index (χ2v) is 7.08. The first-order valence-corrected chi connectivity index (χ1v) is 8.37. The second kappa shape index (κ2) is 6.56. The predicted octanol–water partition coefficient (Wildman–Crippen LogP) is 1.41. The van der Waals surface area contributed by atoms with Crippen molar-refractivity contribution in [2.24, 2.45) is 0 Å². The number of carbonyl (C=O) groups is 1. The van der Waals surface area contributed by atoms with Crippen molar-refractivity contribution in [3.63, 3.8) is 0 Å². The molecule has 0 bridgehead atoms. The van der Waals surface area contributed by atoms with Crippen LogP contribution in [0.4, 0.5) is 0 Å². The van der Waals surface area contributed by atoms with Crippen molar-refractivity contribution < 1.29 is 17.9 Å². The highest BCUT2D eigenvalue weighted by Gasteiger charge is 2.21. The minimum atomic E-state index is -3.63. The van der Waals surface area contributed by atoms with Gasteiger partial charge in [-0.25, -0.2) is 8.42 Å². The van der Waals surface area contributed by atoms with Gasteiger partial charge >= 0.3 is 0 Å². The number of hydrogen-bond acceptors (Lipinski definition) is 4. The normalized spacial score (nSPS) is 18.9. The molecule has 0 radical (unpaired) electrons. The summed E-state index contributed by atoms with van der Waals surface area (Å²) in [7, 11) is -3.63. The van der Waals surface area contributed by atoms with Crippen molar-refractivity contribution in [2.75, 3.05) is 18.9 Å². The molecule has 7 heteroatoms. The van der Waals surface area contributed by atoms with E-state index in [1.807, 2.05) is 0 Å². The number of halogens is 1. The van der Waals surface area contributed by atoms with Crippen LogP contribution in [0.5, 0.6) is 0 Å². The minimum absolute atomic E-state index is 0.00261. The molecule has 1 aliphatic rings. The van der Waals surface area contributed by atoms with Crippen molar-refractivity contribution in [1.82, 2.24) is 5.32 Å². The van der Waals surface area contributed by atoms with Gasteiger partial charge in [0.25, 0.3) is 0 Å². The van der Waals surface area contributed by atoms with Gasteiger partial charge in [0.15, 0.2) is 9.84 Å². The van der Waals surface area contributed by atoms with Crippen molar-refractivity contribution in [1.29, 1.82) is 0 Å². The van der Waals surface area contributed by atoms with Crippen molar-refractivity contribution in [3.8, 4) is 0 Å². The lowest BCUT2D eigenvalue weighted by Crippen LogP contribution is -2.35. The third-order valence-corrected chi connectivity index (χ3v) is 4.93. The summed E-state index contributed by atoms with van der Waals surface area (Å²) < 4.78 is 29.4. The van der Waals surface area contributed by atoms with Crippen LogP contribution in [0.25, 0.3) is 0 Å². The van der Waals surface area contributed by atoms with E-state index in [4.69, 9.17) is 16.3 Å². The molecule has 0 saturated carbocycles. The fraction of sp³-hybridized carbons (Fsp3) is 0.462. The zero-order valence-electron chi connectivity index (χ0n) is 10.8. The molecule has 20 heavy (non-hydrogen) atoms. The Morgan fingerprint density at radius 1 is 1.35 bits per heavy atom. The Labute approximate surface area is 123 Å². The number of nitrogens with one attached hydrogen (secondary N) is 1. The molecule has 0 aromatic heterocycles. The summed E-state index contributed by atoms with van der Waals surface area (Å²) in [5, 5.41) is 3.04. The Kier molecular flexibility index (Phi) is 5.01. The van der Waals surface area contributed by atoms with E-state index in [0.29, 0.717) is 18.2 Å². The van der Waals surface area contributed by atoms with Crippen LogP contribution in [0.1, 0.15) is 12.8 Å². The van der Waals surface area contributed by atoms with E-state index in [1.165, 1.54) is 24.3 Å². The molecule has 1 fully saturated rings. The Balaban J connectivity index is 1.90. The Hall–Kier alpha value is -1.11. The van der Waals surface area contributed by atoms with E-state index in [-0.39, 0.29) is 11.0 Å². The Morgan fingerprint density at radius 3 is 2.65 bits per heavy atom. The summed E-state index contributed by atoms with van der Waals surface area (Å²) >= 11 is 5.70. The quantitative estimate of drug-likeness (QED) is 0.891. The smallest absolute Gasteiger partial charge is 0.235 e. The fourth-order valence-electron chi connectivity index (χ4n) is 1.98. The highest BCUT2D eigenvalue weighted by Crippen LogP contribution is 2.15. The lowest BCUT2D eigenvalue weighted by Gasteiger charge is -2.11. The zero-order chi connectivity index (χ0) is 14.6. The lowest BCUT2D eigenvalue weighted by atomic mass is 10.2. The second-order valence-electron chi connectivity index (χ2n) is 4.65. The van der Waals surface area contributed by atoms with Crippen LogP contribution in [-0.2, 0) is 19.4 Å². The molecule has 1 aromatic rings. The first kappa shape index (κ1) is 15.3. The predicted molar refractivity (Wildman–Crippen MR) is 75.5 cm³/mol. The first-order chi connectivity index (χ1) is 9.47. The zero-order valence-corrected chi connectivity index (χ0v) is 12.4. The summed E-state index contributed by atoms with van der Waals surface area (Å²) in [4.78, 5) is 11.8. The fourth-order valence-corrected chi connectivity index (χ4v) is 3.27. The van der Waals surface area contributed by atoms with E-state index < -0.39 is 21.5 Å². The third kappa shape index (κ3) is 4.19. The molecule has 2 rings (SSSR count). The Morgan fingerprint density at radius 2 is 2.05 bits per heavy atom. The summed E-state index contributed by atoms with van der Waals surface area (Å²) in [6.45, 7) is 1.05. The van der Waals surface area contributed by atoms with E-state index in [0.717, 1.165) is 12.8 Å². The maximum absolute atomic E-state index is 12.0. The third-order valence-electron chi connectivity index (χ3n) is 3.04. The highest BCUT2D eigenvalue weighted by molar-refractivity contribution is 7.92. The van der Waals surface area contributed by atoms with Gasteiger partial charge in [0, 0.05) is 18.2 Å². The van der Waals surface area contributed by atoms with Gasteiger partial charge in [0.05, 0.1) is 11.0 Å². The van der Waals surface area contributed by atoms with Crippen molar-refractivity contribution in [2.45, 2.75) is 23.8 Å². The molecular formula is C13H16ClNO4S. The number of amides is 1. The average molecular weight is 318 g/mol. The first-order valence-electron chi connectivity index (χ1n) is 6.34. The average Bonchev–Trinajstić information content (AvgIpc) is 2.89. The van der Waals surface area contributed by atoms with Crippen LogP contribution in [0.3, 0.4) is 0 Å². The highest BCUT2D eigenvalue weighted by atomic mass is 35.5. The molecule has 1 aromatic carbocycles. The van der Waals surface area contributed by atoms with Crippen LogP contribution in [0.15, 0.2) is 29.2 Å². The molecule has 110 valence electrons. The van der Waals surface area contributed by atoms with E-state index in [9.17, 15) is 13.2 Å². The van der Waals surface area contributed by atoms with Gasteiger partial charge in [-0.15, -0.1) is 0 Å². The van der Waals surface area contributed by atoms with Crippen molar-refractivity contribution in [3.05, 3.63) is 29.3 Å². The number of sulfone groups is 1.